The van der Waals surface area contributed by atoms with Crippen LogP contribution in [0.5, 0.6) is 0 Å². The van der Waals surface area contributed by atoms with Crippen molar-refractivity contribution in [3.8, 4) is 0 Å². The molecule has 0 spiro atoms. The van der Waals surface area contributed by atoms with Crippen LogP contribution < -0.4 is 10.9 Å². The van der Waals surface area contributed by atoms with Crippen molar-refractivity contribution in [1.82, 2.24) is 15.1 Å². The molecule has 3 aromatic rings. The zero-order chi connectivity index (χ0) is 19.1. The van der Waals surface area contributed by atoms with E-state index in [4.69, 9.17) is 4.42 Å². The zero-order valence-electron chi connectivity index (χ0n) is 16.0. The van der Waals surface area contributed by atoms with Crippen LogP contribution in [0, 0.1) is 18.8 Å². The van der Waals surface area contributed by atoms with Gasteiger partial charge in [0.15, 0.2) is 0 Å². The van der Waals surface area contributed by atoms with Gasteiger partial charge in [-0.1, -0.05) is 38.3 Å². The van der Waals surface area contributed by atoms with Gasteiger partial charge in [-0.3, -0.25) is 9.48 Å². The Bertz CT molecular complexity index is 1070. The first-order chi connectivity index (χ1) is 12.9. The van der Waals surface area contributed by atoms with Crippen molar-refractivity contribution in [2.45, 2.75) is 52.6 Å². The molecule has 0 bridgehead atoms. The lowest BCUT2D eigenvalue weighted by Gasteiger charge is -2.34. The summed E-state index contributed by atoms with van der Waals surface area (Å²) in [4.78, 5) is 24.9. The summed E-state index contributed by atoms with van der Waals surface area (Å²) in [5.41, 5.74) is 1.79. The molecule has 6 nitrogen and oxygen atoms in total. The third-order valence-corrected chi connectivity index (χ3v) is 6.00. The highest BCUT2D eigenvalue weighted by atomic mass is 16.4. The Balaban J connectivity index is 1.66. The van der Waals surface area contributed by atoms with Crippen molar-refractivity contribution in [1.29, 1.82) is 0 Å². The predicted molar refractivity (Wildman–Crippen MR) is 105 cm³/mol. The maximum Gasteiger partial charge on any atom is 0.347 e. The van der Waals surface area contributed by atoms with Gasteiger partial charge in [0.1, 0.15) is 17.5 Å². The fraction of sp³-hybridized carbons (Fsp3) is 0.476. The maximum atomic E-state index is 12.7. The fourth-order valence-electron chi connectivity index (χ4n) is 4.19. The number of aromatic nitrogens is 2. The summed E-state index contributed by atoms with van der Waals surface area (Å²) in [5, 5.41) is 8.68. The Kier molecular flexibility index (Phi) is 4.50. The molecule has 1 aliphatic rings. The Morgan fingerprint density at radius 1 is 1.30 bits per heavy atom. The highest BCUT2D eigenvalue weighted by Crippen LogP contribution is 2.29. The van der Waals surface area contributed by atoms with Gasteiger partial charge < -0.3 is 9.73 Å². The van der Waals surface area contributed by atoms with E-state index in [9.17, 15) is 9.59 Å². The molecule has 27 heavy (non-hydrogen) atoms. The third kappa shape index (κ3) is 3.24. The molecule has 2 heterocycles. The number of hydrogen-bond acceptors (Lipinski definition) is 4. The Hall–Kier alpha value is -2.63. The van der Waals surface area contributed by atoms with Crippen molar-refractivity contribution in [2.24, 2.45) is 11.8 Å². The molecule has 142 valence electrons. The number of carbonyl (C=O) groups excluding carboxylic acids is 1. The van der Waals surface area contributed by atoms with Gasteiger partial charge in [-0.25, -0.2) is 4.79 Å². The van der Waals surface area contributed by atoms with E-state index in [1.807, 2.05) is 19.1 Å². The number of nitrogens with one attached hydrogen (secondary N) is 1. The highest BCUT2D eigenvalue weighted by molar-refractivity contribution is 6.02. The van der Waals surface area contributed by atoms with Crippen molar-refractivity contribution in [3.05, 3.63) is 40.4 Å². The van der Waals surface area contributed by atoms with Crippen LogP contribution in [-0.2, 0) is 11.3 Å². The Morgan fingerprint density at radius 2 is 2.11 bits per heavy atom. The van der Waals surface area contributed by atoms with Crippen LogP contribution in [0.2, 0.25) is 0 Å². The molecule has 0 saturated heterocycles. The highest BCUT2D eigenvalue weighted by Gasteiger charge is 2.28. The molecule has 0 radical (unpaired) electrons. The minimum atomic E-state index is -0.428. The second kappa shape index (κ2) is 6.83. The van der Waals surface area contributed by atoms with Crippen LogP contribution in [0.3, 0.4) is 0 Å². The van der Waals surface area contributed by atoms with Crippen LogP contribution in [0.1, 0.15) is 38.7 Å². The number of carbonyl (C=O) groups is 1. The van der Waals surface area contributed by atoms with Crippen molar-refractivity contribution >= 4 is 27.8 Å². The largest absolute Gasteiger partial charge is 0.422 e. The van der Waals surface area contributed by atoms with Gasteiger partial charge in [0.2, 0.25) is 5.91 Å². The molecule has 4 rings (SSSR count). The van der Waals surface area contributed by atoms with E-state index in [2.05, 4.69) is 24.3 Å². The van der Waals surface area contributed by atoms with E-state index in [1.165, 1.54) is 12.6 Å². The Morgan fingerprint density at radius 3 is 2.93 bits per heavy atom. The summed E-state index contributed by atoms with van der Waals surface area (Å²) >= 11 is 0. The first kappa shape index (κ1) is 17.8. The number of amides is 1. The topological polar surface area (TPSA) is 77.1 Å². The van der Waals surface area contributed by atoms with E-state index in [-0.39, 0.29) is 18.5 Å². The third-order valence-electron chi connectivity index (χ3n) is 6.00. The molecule has 2 aromatic heterocycles. The number of benzene rings is 1. The van der Waals surface area contributed by atoms with Gasteiger partial charge in [0.25, 0.3) is 0 Å². The smallest absolute Gasteiger partial charge is 0.347 e. The van der Waals surface area contributed by atoms with Crippen LogP contribution in [0.25, 0.3) is 21.9 Å². The van der Waals surface area contributed by atoms with Gasteiger partial charge in [-0.2, -0.15) is 5.10 Å². The predicted octanol–water partition coefficient (Wildman–Crippen LogP) is 3.39. The van der Waals surface area contributed by atoms with E-state index < -0.39 is 5.63 Å². The SMILES string of the molecule is Cc1ccc2oc(=O)c3cnn(CC(=O)N[C@@H]4CCC[C@@H](C)[C@@H]4C)c3c2c1. The van der Waals surface area contributed by atoms with Crippen molar-refractivity contribution in [3.63, 3.8) is 0 Å². The summed E-state index contributed by atoms with van der Waals surface area (Å²) in [7, 11) is 0. The van der Waals surface area contributed by atoms with E-state index >= 15 is 0 Å². The van der Waals surface area contributed by atoms with Crippen LogP contribution in [0.15, 0.2) is 33.6 Å². The molecular weight excluding hydrogens is 342 g/mol. The molecule has 1 amide bonds. The molecule has 1 saturated carbocycles. The molecule has 0 aliphatic heterocycles. The summed E-state index contributed by atoms with van der Waals surface area (Å²) in [5.74, 6) is 1.01. The molecule has 1 fully saturated rings. The monoisotopic (exact) mass is 367 g/mol. The van der Waals surface area contributed by atoms with Gasteiger partial charge >= 0.3 is 5.63 Å². The summed E-state index contributed by atoms with van der Waals surface area (Å²) in [6.45, 7) is 6.53. The van der Waals surface area contributed by atoms with Gasteiger partial charge in [-0.15, -0.1) is 0 Å². The van der Waals surface area contributed by atoms with E-state index in [1.54, 1.807) is 10.7 Å². The van der Waals surface area contributed by atoms with Crippen molar-refractivity contribution in [2.75, 3.05) is 0 Å². The van der Waals surface area contributed by atoms with Gasteiger partial charge in [0.05, 0.1) is 11.7 Å². The standard InChI is InChI=1S/C21H25N3O3/c1-12-7-8-18-15(9-12)20-16(21(26)27-18)10-22-24(20)11-19(25)23-17-6-4-5-13(2)14(17)3/h7-10,13-14,17H,4-6,11H2,1-3H3,(H,23,25)/t13-,14+,17-/m1/s1. The molecule has 3 atom stereocenters. The normalized spacial score (nSPS) is 23.0. The number of nitrogens with zero attached hydrogens (tertiary/aromatic N) is 2. The number of hydrogen-bond donors (Lipinski definition) is 1. The Labute approximate surface area is 157 Å². The van der Waals surface area contributed by atoms with Crippen LogP contribution in [-0.4, -0.2) is 21.7 Å². The molecule has 1 aromatic carbocycles. The zero-order valence-corrected chi connectivity index (χ0v) is 16.0. The summed E-state index contributed by atoms with van der Waals surface area (Å²) in [6, 6.07) is 5.85. The lowest BCUT2D eigenvalue weighted by molar-refractivity contribution is -0.123. The number of aryl methyl sites for hydroxylation is 1. The fourth-order valence-corrected chi connectivity index (χ4v) is 4.19. The maximum absolute atomic E-state index is 12.7. The van der Waals surface area contributed by atoms with Gasteiger partial charge in [0, 0.05) is 11.4 Å². The van der Waals surface area contributed by atoms with E-state index in [0.717, 1.165) is 23.8 Å². The van der Waals surface area contributed by atoms with Crippen molar-refractivity contribution < 1.29 is 9.21 Å². The average molecular weight is 367 g/mol. The van der Waals surface area contributed by atoms with Crippen LogP contribution >= 0.6 is 0 Å². The lowest BCUT2D eigenvalue weighted by Crippen LogP contribution is -2.44. The average Bonchev–Trinajstić information content (AvgIpc) is 3.04. The minimum Gasteiger partial charge on any atom is -0.422 e. The number of rotatable bonds is 3. The summed E-state index contributed by atoms with van der Waals surface area (Å²) < 4.78 is 7.00. The molecule has 0 unspecified atom stereocenters. The minimum absolute atomic E-state index is 0.0695. The second-order valence-electron chi connectivity index (χ2n) is 7.89. The van der Waals surface area contributed by atoms with Crippen LogP contribution in [0.4, 0.5) is 0 Å². The number of fused-ring (bicyclic) bond motifs is 3. The first-order valence-electron chi connectivity index (χ1n) is 9.62. The molecule has 1 N–H and O–H groups in total. The molecular formula is C21H25N3O3. The summed E-state index contributed by atoms with van der Waals surface area (Å²) in [6.07, 6.45) is 4.87. The first-order valence-corrected chi connectivity index (χ1v) is 9.62. The quantitative estimate of drug-likeness (QED) is 0.720. The van der Waals surface area contributed by atoms with E-state index in [0.29, 0.717) is 28.3 Å². The lowest BCUT2D eigenvalue weighted by atomic mass is 9.78. The molecule has 1 aliphatic carbocycles. The second-order valence-corrected chi connectivity index (χ2v) is 7.89. The van der Waals surface area contributed by atoms with Gasteiger partial charge in [-0.05, 0) is 37.3 Å². The molecule has 6 heteroatoms.